The highest BCUT2D eigenvalue weighted by molar-refractivity contribution is 5.87. The summed E-state index contributed by atoms with van der Waals surface area (Å²) in [5.41, 5.74) is 1.08. The Labute approximate surface area is 261 Å². The molecule has 242 valence electrons. The van der Waals surface area contributed by atoms with Crippen LogP contribution in [0, 0.1) is 5.41 Å². The fraction of sp³-hybridized carbons (Fsp3) is 0.600. The SMILES string of the molecule is C.C.C.C.CCC(C)(C)C(=O)Oc1ccc(C(=O)O)cc1.CCC(C)c1ccccc1.CC[N+](CC)(CC)CC.[Cl-]. The normalized spacial score (nSPS) is 10.4. The number of carboxylic acids is 1. The molecule has 0 heterocycles. The molecule has 0 saturated heterocycles. The van der Waals surface area contributed by atoms with Crippen LogP contribution in [0.15, 0.2) is 54.6 Å². The van der Waals surface area contributed by atoms with Crippen LogP contribution >= 0.6 is 0 Å². The zero-order chi connectivity index (χ0) is 27.8. The maximum absolute atomic E-state index is 11.7. The van der Waals surface area contributed by atoms with Crippen LogP contribution in [-0.2, 0) is 4.79 Å². The van der Waals surface area contributed by atoms with E-state index >= 15 is 0 Å². The van der Waals surface area contributed by atoms with E-state index in [1.54, 1.807) is 13.8 Å². The molecule has 0 bridgehead atoms. The summed E-state index contributed by atoms with van der Waals surface area (Å²) in [6, 6.07) is 16.4. The Kier molecular flexibility index (Phi) is 33.2. The Hall–Kier alpha value is -2.37. The minimum atomic E-state index is -1.00. The number of carboxylic acid groups (broad SMARTS) is 1. The van der Waals surface area contributed by atoms with E-state index in [0.717, 1.165) is 0 Å². The number of nitrogens with zero attached hydrogens (tertiary/aromatic N) is 1. The predicted octanol–water partition coefficient (Wildman–Crippen LogP) is 7.36. The number of hydrogen-bond acceptors (Lipinski definition) is 3. The molecule has 0 spiro atoms. The molecule has 1 unspecified atom stereocenters. The number of carbonyl (C=O) groups excluding carboxylic acids is 1. The molecule has 1 atom stereocenters. The molecular weight excluding hydrogens is 534 g/mol. The third-order valence-corrected chi connectivity index (χ3v) is 7.41. The zero-order valence-corrected chi connectivity index (χ0v) is 25.3. The molecule has 0 radical (unpaired) electrons. The number of aromatic carboxylic acids is 1. The van der Waals surface area contributed by atoms with Gasteiger partial charge < -0.3 is 26.7 Å². The van der Waals surface area contributed by atoms with E-state index in [2.05, 4.69) is 71.9 Å². The molecule has 6 heteroatoms. The summed E-state index contributed by atoms with van der Waals surface area (Å²) in [7, 11) is 0. The lowest BCUT2D eigenvalue weighted by Crippen LogP contribution is -3.00. The Morgan fingerprint density at radius 2 is 1.20 bits per heavy atom. The van der Waals surface area contributed by atoms with Crippen molar-refractivity contribution in [3.8, 4) is 5.75 Å². The van der Waals surface area contributed by atoms with Gasteiger partial charge in [0, 0.05) is 0 Å². The van der Waals surface area contributed by atoms with E-state index < -0.39 is 11.4 Å². The molecule has 0 aromatic heterocycles. The van der Waals surface area contributed by atoms with Crippen molar-refractivity contribution >= 4 is 11.9 Å². The minimum absolute atomic E-state index is 0. The number of rotatable bonds is 10. The summed E-state index contributed by atoms with van der Waals surface area (Å²) in [4.78, 5) is 22.4. The van der Waals surface area contributed by atoms with Crippen molar-refractivity contribution < 1.29 is 36.3 Å². The van der Waals surface area contributed by atoms with E-state index in [1.165, 1.54) is 66.9 Å². The van der Waals surface area contributed by atoms with Gasteiger partial charge in [0.15, 0.2) is 0 Å². The number of benzene rings is 2. The molecular formula is C35H66ClNO4. The topological polar surface area (TPSA) is 63.6 Å². The van der Waals surface area contributed by atoms with E-state index in [4.69, 9.17) is 9.84 Å². The van der Waals surface area contributed by atoms with Gasteiger partial charge in [0.25, 0.3) is 0 Å². The number of hydrogen-bond donors (Lipinski definition) is 1. The van der Waals surface area contributed by atoms with Gasteiger partial charge in [-0.2, -0.15) is 0 Å². The molecule has 0 aliphatic carbocycles. The molecule has 41 heavy (non-hydrogen) atoms. The molecule has 2 aromatic rings. The largest absolute Gasteiger partial charge is 1.00 e. The highest BCUT2D eigenvalue weighted by Crippen LogP contribution is 2.23. The molecule has 0 aliphatic rings. The zero-order valence-electron chi connectivity index (χ0n) is 24.5. The molecule has 0 fully saturated rings. The second-order valence-corrected chi connectivity index (χ2v) is 9.78. The minimum Gasteiger partial charge on any atom is -1.00 e. The van der Waals surface area contributed by atoms with Crippen LogP contribution < -0.4 is 17.1 Å². The molecule has 1 N–H and O–H groups in total. The molecule has 5 nitrogen and oxygen atoms in total. The Bertz CT molecular complexity index is 861. The molecule has 0 amide bonds. The van der Waals surface area contributed by atoms with Crippen LogP contribution in [-0.4, -0.2) is 47.7 Å². The number of esters is 1. The van der Waals surface area contributed by atoms with Crippen LogP contribution in [0.1, 0.15) is 127 Å². The van der Waals surface area contributed by atoms with Crippen molar-refractivity contribution in [2.45, 2.75) is 111 Å². The first-order chi connectivity index (χ1) is 16.9. The summed E-state index contributed by atoms with van der Waals surface area (Å²) < 4.78 is 6.45. The predicted molar refractivity (Wildman–Crippen MR) is 178 cm³/mol. The van der Waals surface area contributed by atoms with Crippen LogP contribution in [0.3, 0.4) is 0 Å². The first kappa shape index (κ1) is 51.4. The van der Waals surface area contributed by atoms with Crippen molar-refractivity contribution in [2.24, 2.45) is 5.41 Å². The summed E-state index contributed by atoms with van der Waals surface area (Å²) >= 11 is 0. The average Bonchev–Trinajstić information content (AvgIpc) is 2.91. The monoisotopic (exact) mass is 599 g/mol. The van der Waals surface area contributed by atoms with Crippen molar-refractivity contribution in [2.75, 3.05) is 26.2 Å². The van der Waals surface area contributed by atoms with Gasteiger partial charge in [-0.05, 0) is 90.1 Å². The number of carbonyl (C=O) groups is 2. The third kappa shape index (κ3) is 18.6. The summed E-state index contributed by atoms with van der Waals surface area (Å²) in [5.74, 6) is -0.248. The van der Waals surface area contributed by atoms with Crippen LogP contribution in [0.25, 0.3) is 0 Å². The van der Waals surface area contributed by atoms with Crippen molar-refractivity contribution in [3.63, 3.8) is 0 Å². The van der Waals surface area contributed by atoms with E-state index in [1.807, 2.05) is 6.92 Å². The first-order valence-corrected chi connectivity index (χ1v) is 13.4. The van der Waals surface area contributed by atoms with Gasteiger partial charge in [0.2, 0.25) is 0 Å². The molecule has 2 rings (SSSR count). The molecule has 2 aromatic carbocycles. The van der Waals surface area contributed by atoms with Gasteiger partial charge in [-0.1, -0.05) is 80.8 Å². The van der Waals surface area contributed by atoms with Gasteiger partial charge in [0.05, 0.1) is 37.2 Å². The Morgan fingerprint density at radius 3 is 1.49 bits per heavy atom. The summed E-state index contributed by atoms with van der Waals surface area (Å²) in [5, 5.41) is 8.72. The van der Waals surface area contributed by atoms with Crippen molar-refractivity contribution in [1.82, 2.24) is 0 Å². The Morgan fingerprint density at radius 1 is 0.780 bits per heavy atom. The quantitative estimate of drug-likeness (QED) is 0.176. The summed E-state index contributed by atoms with van der Waals surface area (Å²) in [6.07, 6.45) is 1.91. The lowest BCUT2D eigenvalue weighted by atomic mass is 9.91. The van der Waals surface area contributed by atoms with Crippen LogP contribution in [0.5, 0.6) is 5.75 Å². The second kappa shape index (κ2) is 26.5. The smallest absolute Gasteiger partial charge is 0.335 e. The Balaban J connectivity index is -0.000000112. The van der Waals surface area contributed by atoms with Crippen LogP contribution in [0.2, 0.25) is 0 Å². The van der Waals surface area contributed by atoms with Gasteiger partial charge in [-0.15, -0.1) is 0 Å². The highest BCUT2D eigenvalue weighted by atomic mass is 35.5. The van der Waals surface area contributed by atoms with E-state index in [9.17, 15) is 9.59 Å². The van der Waals surface area contributed by atoms with Gasteiger partial charge in [-0.3, -0.25) is 4.79 Å². The van der Waals surface area contributed by atoms with Gasteiger partial charge >= 0.3 is 11.9 Å². The lowest BCUT2D eigenvalue weighted by Gasteiger charge is -2.34. The lowest BCUT2D eigenvalue weighted by molar-refractivity contribution is -0.921. The molecule has 0 aliphatic heterocycles. The fourth-order valence-electron chi connectivity index (χ4n) is 3.41. The fourth-order valence-corrected chi connectivity index (χ4v) is 3.41. The molecule has 0 saturated carbocycles. The van der Waals surface area contributed by atoms with E-state index in [0.29, 0.717) is 18.1 Å². The van der Waals surface area contributed by atoms with Crippen molar-refractivity contribution in [3.05, 3.63) is 65.7 Å². The first-order valence-electron chi connectivity index (χ1n) is 13.4. The summed E-state index contributed by atoms with van der Waals surface area (Å²) in [6.45, 7) is 24.2. The number of halogens is 1. The maximum Gasteiger partial charge on any atom is 0.335 e. The maximum atomic E-state index is 11.7. The van der Waals surface area contributed by atoms with Crippen LogP contribution in [0.4, 0.5) is 0 Å². The highest BCUT2D eigenvalue weighted by Gasteiger charge is 2.27. The average molecular weight is 600 g/mol. The van der Waals surface area contributed by atoms with Gasteiger partial charge in [0.1, 0.15) is 5.75 Å². The second-order valence-electron chi connectivity index (χ2n) is 9.78. The van der Waals surface area contributed by atoms with Crippen molar-refractivity contribution in [1.29, 1.82) is 0 Å². The number of quaternary nitrogens is 1. The number of ether oxygens (including phenoxy) is 1. The standard InChI is InChI=1S/C13H16O4.C10H14.C8H20N.4CH4.ClH/c1-4-13(2,3)12(16)17-10-7-5-9(6-8-10)11(14)15;1-3-9(2)10-7-5-4-6-8-10;1-5-9(6-2,7-3)8-4;;;;;/h5-8H,4H2,1-3H3,(H,14,15);4-9H,3H2,1-2H3;5-8H2,1-4H3;4*1H4;1H/q;;+1;;;;;/p-1. The van der Waals surface area contributed by atoms with Gasteiger partial charge in [-0.25, -0.2) is 4.79 Å². The van der Waals surface area contributed by atoms with E-state index in [-0.39, 0.29) is 53.6 Å². The third-order valence-electron chi connectivity index (χ3n) is 7.41.